The van der Waals surface area contributed by atoms with Crippen molar-refractivity contribution in [1.29, 1.82) is 0 Å². The first-order chi connectivity index (χ1) is 11.8. The van der Waals surface area contributed by atoms with Crippen molar-refractivity contribution in [3.63, 3.8) is 0 Å². The number of nitrogens with zero attached hydrogens (tertiary/aromatic N) is 2. The predicted molar refractivity (Wildman–Crippen MR) is 91.5 cm³/mol. The fourth-order valence-corrected chi connectivity index (χ4v) is 4.23. The molecule has 0 amide bonds. The van der Waals surface area contributed by atoms with E-state index >= 15 is 0 Å². The lowest BCUT2D eigenvalue weighted by molar-refractivity contribution is 0.140. The molecule has 24 heavy (non-hydrogen) atoms. The van der Waals surface area contributed by atoms with Crippen LogP contribution in [0.15, 0.2) is 34.9 Å². The van der Waals surface area contributed by atoms with Crippen molar-refractivity contribution in [3.8, 4) is 0 Å². The van der Waals surface area contributed by atoms with Crippen LogP contribution < -0.4 is 0 Å². The molecule has 0 bridgehead atoms. The molecule has 1 saturated carbocycles. The molecule has 3 nitrogen and oxygen atoms in total. The first kappa shape index (κ1) is 15.8. The minimum atomic E-state index is -0.180. The Morgan fingerprint density at radius 1 is 1.12 bits per heavy atom. The molecule has 1 saturated heterocycles. The van der Waals surface area contributed by atoms with Crippen LogP contribution in [-0.2, 0) is 6.42 Å². The molecular formula is C20H25FN2O. The summed E-state index contributed by atoms with van der Waals surface area (Å²) in [7, 11) is 0. The lowest BCUT2D eigenvalue weighted by Gasteiger charge is -2.35. The summed E-state index contributed by atoms with van der Waals surface area (Å²) in [6.45, 7) is 2.27. The fraction of sp³-hybridized carbons (Fsp3) is 0.550. The molecule has 1 aromatic carbocycles. The molecule has 2 heterocycles. The number of rotatable bonds is 4. The Bertz CT molecular complexity index is 678. The third-order valence-corrected chi connectivity index (χ3v) is 5.54. The van der Waals surface area contributed by atoms with Crippen LogP contribution in [0.5, 0.6) is 0 Å². The monoisotopic (exact) mass is 328 g/mol. The van der Waals surface area contributed by atoms with Gasteiger partial charge in [-0.05, 0) is 43.9 Å². The van der Waals surface area contributed by atoms with Gasteiger partial charge >= 0.3 is 0 Å². The zero-order valence-corrected chi connectivity index (χ0v) is 14.1. The predicted octanol–water partition coefficient (Wildman–Crippen LogP) is 4.53. The topological polar surface area (TPSA) is 29.3 Å². The second-order valence-electron chi connectivity index (χ2n) is 7.21. The second-order valence-corrected chi connectivity index (χ2v) is 7.21. The van der Waals surface area contributed by atoms with Gasteiger partial charge in [-0.3, -0.25) is 4.90 Å². The number of aromatic nitrogens is 1. The van der Waals surface area contributed by atoms with E-state index in [0.717, 1.165) is 30.7 Å². The Morgan fingerprint density at radius 3 is 2.79 bits per heavy atom. The molecule has 1 aliphatic carbocycles. The van der Waals surface area contributed by atoms with Crippen LogP contribution in [0.4, 0.5) is 4.39 Å². The number of likely N-dealkylation sites (tertiary alicyclic amines) is 1. The molecule has 0 N–H and O–H groups in total. The molecule has 4 heteroatoms. The molecule has 128 valence electrons. The first-order valence-electron chi connectivity index (χ1n) is 9.21. The molecule has 0 radical (unpaired) electrons. The normalized spacial score (nSPS) is 23.0. The summed E-state index contributed by atoms with van der Waals surface area (Å²) in [5.41, 5.74) is 0.663. The van der Waals surface area contributed by atoms with Gasteiger partial charge in [0.15, 0.2) is 5.89 Å². The quantitative estimate of drug-likeness (QED) is 0.826. The van der Waals surface area contributed by atoms with Gasteiger partial charge in [0.1, 0.15) is 11.6 Å². The Hall–Kier alpha value is -1.68. The summed E-state index contributed by atoms with van der Waals surface area (Å²) in [6.07, 6.45) is 10.0. The van der Waals surface area contributed by atoms with Crippen LogP contribution in [0.2, 0.25) is 0 Å². The van der Waals surface area contributed by atoms with Gasteiger partial charge in [0, 0.05) is 24.9 Å². The highest BCUT2D eigenvalue weighted by Gasteiger charge is 2.30. The largest absolute Gasteiger partial charge is 0.445 e. The molecule has 1 atom stereocenters. The highest BCUT2D eigenvalue weighted by molar-refractivity contribution is 5.21. The van der Waals surface area contributed by atoms with Gasteiger partial charge in [0.2, 0.25) is 0 Å². The highest BCUT2D eigenvalue weighted by Crippen LogP contribution is 2.32. The molecule has 0 spiro atoms. The average Bonchev–Trinajstić information content (AvgIpc) is 3.29. The molecule has 2 aromatic rings. The molecule has 4 rings (SSSR count). The average molecular weight is 328 g/mol. The van der Waals surface area contributed by atoms with Gasteiger partial charge in [0.05, 0.1) is 6.20 Å². The van der Waals surface area contributed by atoms with E-state index in [0.29, 0.717) is 17.9 Å². The van der Waals surface area contributed by atoms with Crippen molar-refractivity contribution in [2.24, 2.45) is 0 Å². The van der Waals surface area contributed by atoms with Crippen molar-refractivity contribution in [2.45, 2.75) is 56.9 Å². The fourth-order valence-electron chi connectivity index (χ4n) is 4.23. The molecule has 1 aromatic heterocycles. The van der Waals surface area contributed by atoms with E-state index in [2.05, 4.69) is 9.88 Å². The standard InChI is InChI=1S/C20H25FN2O/c21-19-10-4-1-6-15(19)12-18-13-22-20(24-18)16-7-5-11-23(14-16)17-8-2-3-9-17/h1,4,6,10,13,16-17H,2-3,5,7-9,11-12,14H2. The highest BCUT2D eigenvalue weighted by atomic mass is 19.1. The third-order valence-electron chi connectivity index (χ3n) is 5.54. The smallest absolute Gasteiger partial charge is 0.198 e. The maximum Gasteiger partial charge on any atom is 0.198 e. The maximum atomic E-state index is 13.8. The van der Waals surface area contributed by atoms with E-state index in [1.165, 1.54) is 44.7 Å². The maximum absolute atomic E-state index is 13.8. The minimum Gasteiger partial charge on any atom is -0.445 e. The molecular weight excluding hydrogens is 303 g/mol. The first-order valence-corrected chi connectivity index (χ1v) is 9.21. The number of hydrogen-bond donors (Lipinski definition) is 0. The Kier molecular flexibility index (Phi) is 4.65. The summed E-state index contributed by atoms with van der Waals surface area (Å²) in [5.74, 6) is 1.80. The van der Waals surface area contributed by atoms with E-state index in [-0.39, 0.29) is 5.82 Å². The number of halogens is 1. The van der Waals surface area contributed by atoms with E-state index < -0.39 is 0 Å². The molecule has 1 aliphatic heterocycles. The van der Waals surface area contributed by atoms with E-state index in [1.807, 2.05) is 6.07 Å². The van der Waals surface area contributed by atoms with E-state index in [4.69, 9.17) is 4.42 Å². The van der Waals surface area contributed by atoms with Crippen LogP contribution in [0.25, 0.3) is 0 Å². The van der Waals surface area contributed by atoms with Crippen LogP contribution in [0, 0.1) is 5.82 Å². The zero-order valence-electron chi connectivity index (χ0n) is 14.1. The van der Waals surface area contributed by atoms with Crippen molar-refractivity contribution in [3.05, 3.63) is 53.5 Å². The number of piperidine rings is 1. The van der Waals surface area contributed by atoms with Crippen LogP contribution in [0.3, 0.4) is 0 Å². The molecule has 2 fully saturated rings. The summed E-state index contributed by atoms with van der Waals surface area (Å²) in [4.78, 5) is 7.15. The van der Waals surface area contributed by atoms with Crippen molar-refractivity contribution in [1.82, 2.24) is 9.88 Å². The third kappa shape index (κ3) is 3.39. The molecule has 1 unspecified atom stereocenters. The van der Waals surface area contributed by atoms with Gasteiger partial charge in [0.25, 0.3) is 0 Å². The summed E-state index contributed by atoms with van der Waals surface area (Å²) in [6, 6.07) is 7.63. The van der Waals surface area contributed by atoms with Gasteiger partial charge in [-0.1, -0.05) is 31.0 Å². The van der Waals surface area contributed by atoms with Gasteiger partial charge in [-0.15, -0.1) is 0 Å². The summed E-state index contributed by atoms with van der Waals surface area (Å²) >= 11 is 0. The van der Waals surface area contributed by atoms with Crippen LogP contribution in [0.1, 0.15) is 61.7 Å². The number of hydrogen-bond acceptors (Lipinski definition) is 3. The lowest BCUT2D eigenvalue weighted by Crippen LogP contribution is -2.40. The van der Waals surface area contributed by atoms with Crippen molar-refractivity contribution in [2.75, 3.05) is 13.1 Å². The molecule has 2 aliphatic rings. The van der Waals surface area contributed by atoms with Crippen molar-refractivity contribution < 1.29 is 8.81 Å². The number of benzene rings is 1. The number of oxazole rings is 1. The van der Waals surface area contributed by atoms with Crippen molar-refractivity contribution >= 4 is 0 Å². The zero-order chi connectivity index (χ0) is 16.4. The summed E-state index contributed by atoms with van der Waals surface area (Å²) in [5, 5.41) is 0. The van der Waals surface area contributed by atoms with Gasteiger partial charge in [-0.25, -0.2) is 9.37 Å². The SMILES string of the molecule is Fc1ccccc1Cc1cnc(C2CCCN(C3CCCC3)C2)o1. The minimum absolute atomic E-state index is 0.180. The summed E-state index contributed by atoms with van der Waals surface area (Å²) < 4.78 is 19.8. The van der Waals surface area contributed by atoms with E-state index in [9.17, 15) is 4.39 Å². The Morgan fingerprint density at radius 2 is 1.96 bits per heavy atom. The van der Waals surface area contributed by atoms with Crippen LogP contribution >= 0.6 is 0 Å². The van der Waals surface area contributed by atoms with Gasteiger partial charge < -0.3 is 4.42 Å². The second kappa shape index (κ2) is 7.06. The van der Waals surface area contributed by atoms with E-state index in [1.54, 1.807) is 18.3 Å². The Labute approximate surface area is 142 Å². The Balaban J connectivity index is 1.43. The van der Waals surface area contributed by atoms with Crippen LogP contribution in [-0.4, -0.2) is 29.0 Å². The lowest BCUT2D eigenvalue weighted by atomic mass is 9.96. The van der Waals surface area contributed by atoms with Gasteiger partial charge in [-0.2, -0.15) is 0 Å².